The SMILES string of the molecule is NCC1(c2noc3ccsc23)CC1. The van der Waals surface area contributed by atoms with E-state index in [1.165, 1.54) is 4.70 Å². The number of aromatic nitrogens is 1. The van der Waals surface area contributed by atoms with Crippen molar-refractivity contribution in [1.29, 1.82) is 0 Å². The van der Waals surface area contributed by atoms with E-state index in [1.54, 1.807) is 11.3 Å². The summed E-state index contributed by atoms with van der Waals surface area (Å²) in [5, 5.41) is 6.15. The molecule has 1 saturated carbocycles. The first-order valence-electron chi connectivity index (χ1n) is 4.39. The van der Waals surface area contributed by atoms with Crippen LogP contribution in [0.4, 0.5) is 0 Å². The molecule has 0 radical (unpaired) electrons. The van der Waals surface area contributed by atoms with E-state index in [0.29, 0.717) is 6.54 Å². The van der Waals surface area contributed by atoms with Gasteiger partial charge in [-0.1, -0.05) is 5.16 Å². The zero-order valence-corrected chi connectivity index (χ0v) is 7.93. The molecule has 0 bridgehead atoms. The van der Waals surface area contributed by atoms with Gasteiger partial charge in [-0.2, -0.15) is 0 Å². The van der Waals surface area contributed by atoms with Crippen molar-refractivity contribution >= 4 is 21.6 Å². The second-order valence-corrected chi connectivity index (χ2v) is 4.55. The van der Waals surface area contributed by atoms with Gasteiger partial charge in [0.2, 0.25) is 0 Å². The molecule has 0 aromatic carbocycles. The van der Waals surface area contributed by atoms with Gasteiger partial charge >= 0.3 is 0 Å². The predicted octanol–water partition coefficient (Wildman–Crippen LogP) is 1.88. The Bertz CT molecular complexity index is 441. The summed E-state index contributed by atoms with van der Waals surface area (Å²) in [6.45, 7) is 0.687. The normalized spacial score (nSPS) is 19.5. The second kappa shape index (κ2) is 2.33. The van der Waals surface area contributed by atoms with Crippen LogP contribution in [-0.2, 0) is 5.41 Å². The van der Waals surface area contributed by atoms with Crippen LogP contribution in [0, 0.1) is 0 Å². The molecule has 13 heavy (non-hydrogen) atoms. The van der Waals surface area contributed by atoms with Gasteiger partial charge in [0, 0.05) is 12.0 Å². The summed E-state index contributed by atoms with van der Waals surface area (Å²) in [6, 6.07) is 1.96. The fourth-order valence-electron chi connectivity index (χ4n) is 1.70. The fourth-order valence-corrected chi connectivity index (χ4v) is 2.62. The Morgan fingerprint density at radius 1 is 1.62 bits per heavy atom. The summed E-state index contributed by atoms with van der Waals surface area (Å²) >= 11 is 1.69. The summed E-state index contributed by atoms with van der Waals surface area (Å²) < 4.78 is 6.41. The van der Waals surface area contributed by atoms with Crippen LogP contribution >= 0.6 is 11.3 Å². The summed E-state index contributed by atoms with van der Waals surface area (Å²) in [4.78, 5) is 0. The maximum absolute atomic E-state index is 5.74. The van der Waals surface area contributed by atoms with Crippen LogP contribution in [0.25, 0.3) is 10.3 Å². The molecule has 0 amide bonds. The first-order chi connectivity index (χ1) is 6.36. The second-order valence-electron chi connectivity index (χ2n) is 3.63. The third-order valence-electron chi connectivity index (χ3n) is 2.83. The lowest BCUT2D eigenvalue weighted by Crippen LogP contribution is -2.19. The number of fused-ring (bicyclic) bond motifs is 1. The van der Waals surface area contributed by atoms with E-state index in [4.69, 9.17) is 10.3 Å². The zero-order valence-electron chi connectivity index (χ0n) is 7.12. The van der Waals surface area contributed by atoms with Crippen molar-refractivity contribution in [1.82, 2.24) is 5.16 Å². The maximum Gasteiger partial charge on any atom is 0.177 e. The van der Waals surface area contributed by atoms with E-state index in [0.717, 1.165) is 24.1 Å². The first-order valence-corrected chi connectivity index (χ1v) is 5.27. The van der Waals surface area contributed by atoms with Crippen LogP contribution in [0.15, 0.2) is 16.0 Å². The molecule has 0 atom stereocenters. The van der Waals surface area contributed by atoms with Crippen LogP contribution in [0.2, 0.25) is 0 Å². The third kappa shape index (κ3) is 0.899. The Kier molecular flexibility index (Phi) is 1.35. The summed E-state index contributed by atoms with van der Waals surface area (Å²) in [5.41, 5.74) is 7.88. The molecule has 0 unspecified atom stereocenters. The van der Waals surface area contributed by atoms with Crippen LogP contribution in [0.1, 0.15) is 18.5 Å². The quantitative estimate of drug-likeness (QED) is 0.794. The molecule has 1 fully saturated rings. The van der Waals surface area contributed by atoms with Crippen molar-refractivity contribution in [3.8, 4) is 0 Å². The predicted molar refractivity (Wildman–Crippen MR) is 51.9 cm³/mol. The van der Waals surface area contributed by atoms with E-state index in [2.05, 4.69) is 5.16 Å². The van der Waals surface area contributed by atoms with Gasteiger partial charge in [0.15, 0.2) is 5.58 Å². The van der Waals surface area contributed by atoms with Gasteiger partial charge in [0.1, 0.15) is 5.69 Å². The molecule has 68 valence electrons. The molecule has 0 spiro atoms. The summed E-state index contributed by atoms with van der Waals surface area (Å²) in [5.74, 6) is 0. The topological polar surface area (TPSA) is 52.0 Å². The van der Waals surface area contributed by atoms with Gasteiger partial charge < -0.3 is 10.3 Å². The molecular weight excluding hydrogens is 184 g/mol. The highest BCUT2D eigenvalue weighted by atomic mass is 32.1. The highest BCUT2D eigenvalue weighted by Crippen LogP contribution is 2.49. The lowest BCUT2D eigenvalue weighted by molar-refractivity contribution is 0.434. The van der Waals surface area contributed by atoms with Crippen LogP contribution in [0.3, 0.4) is 0 Å². The molecule has 2 aromatic rings. The molecule has 0 saturated heterocycles. The number of thiophene rings is 1. The highest BCUT2D eigenvalue weighted by molar-refractivity contribution is 7.17. The average Bonchev–Trinajstić information content (AvgIpc) is 2.62. The first kappa shape index (κ1) is 7.53. The smallest absolute Gasteiger partial charge is 0.177 e. The number of rotatable bonds is 2. The summed E-state index contributed by atoms with van der Waals surface area (Å²) in [6.07, 6.45) is 2.31. The van der Waals surface area contributed by atoms with Crippen molar-refractivity contribution in [3.05, 3.63) is 17.1 Å². The molecule has 2 heterocycles. The van der Waals surface area contributed by atoms with Crippen molar-refractivity contribution < 1.29 is 4.52 Å². The molecule has 2 N–H and O–H groups in total. The lowest BCUT2D eigenvalue weighted by atomic mass is 10.0. The Labute approximate surface area is 79.5 Å². The standard InChI is InChI=1S/C9H10N2OS/c10-5-9(2-3-9)8-7-6(12-11-8)1-4-13-7/h1,4H,2-3,5,10H2. The molecule has 4 heteroatoms. The summed E-state index contributed by atoms with van der Waals surface area (Å²) in [7, 11) is 0. The van der Waals surface area contributed by atoms with Crippen LogP contribution in [-0.4, -0.2) is 11.7 Å². The van der Waals surface area contributed by atoms with Crippen LogP contribution < -0.4 is 5.73 Å². The molecule has 3 nitrogen and oxygen atoms in total. The third-order valence-corrected chi connectivity index (χ3v) is 3.73. The minimum Gasteiger partial charge on any atom is -0.355 e. The molecule has 0 aliphatic heterocycles. The lowest BCUT2D eigenvalue weighted by Gasteiger charge is -2.06. The van der Waals surface area contributed by atoms with Gasteiger partial charge in [-0.15, -0.1) is 11.3 Å². The van der Waals surface area contributed by atoms with Crippen LogP contribution in [0.5, 0.6) is 0 Å². The zero-order chi connectivity index (χ0) is 8.89. The van der Waals surface area contributed by atoms with Gasteiger partial charge in [-0.05, 0) is 24.3 Å². The Morgan fingerprint density at radius 2 is 2.46 bits per heavy atom. The molecule has 1 aliphatic carbocycles. The van der Waals surface area contributed by atoms with E-state index in [9.17, 15) is 0 Å². The Balaban J connectivity index is 2.21. The van der Waals surface area contributed by atoms with E-state index in [1.807, 2.05) is 11.4 Å². The maximum atomic E-state index is 5.74. The molecule has 1 aliphatic rings. The minimum atomic E-state index is 0.149. The molecular formula is C9H10N2OS. The number of hydrogen-bond acceptors (Lipinski definition) is 4. The van der Waals surface area contributed by atoms with Gasteiger partial charge in [-0.3, -0.25) is 0 Å². The van der Waals surface area contributed by atoms with Gasteiger partial charge in [0.25, 0.3) is 0 Å². The van der Waals surface area contributed by atoms with Gasteiger partial charge in [-0.25, -0.2) is 0 Å². The van der Waals surface area contributed by atoms with E-state index < -0.39 is 0 Å². The molecule has 2 aromatic heterocycles. The number of hydrogen-bond donors (Lipinski definition) is 1. The number of nitrogens with two attached hydrogens (primary N) is 1. The van der Waals surface area contributed by atoms with Crippen molar-refractivity contribution in [3.63, 3.8) is 0 Å². The highest BCUT2D eigenvalue weighted by Gasteiger charge is 2.47. The van der Waals surface area contributed by atoms with E-state index >= 15 is 0 Å². The van der Waals surface area contributed by atoms with Crippen molar-refractivity contribution in [2.75, 3.05) is 6.54 Å². The Morgan fingerprint density at radius 3 is 3.15 bits per heavy atom. The largest absolute Gasteiger partial charge is 0.355 e. The monoisotopic (exact) mass is 194 g/mol. The molecule has 3 rings (SSSR count). The van der Waals surface area contributed by atoms with Crippen molar-refractivity contribution in [2.24, 2.45) is 5.73 Å². The van der Waals surface area contributed by atoms with E-state index in [-0.39, 0.29) is 5.41 Å². The number of nitrogens with zero attached hydrogens (tertiary/aromatic N) is 1. The average molecular weight is 194 g/mol. The fraction of sp³-hybridized carbons (Fsp3) is 0.444. The van der Waals surface area contributed by atoms with Gasteiger partial charge in [0.05, 0.1) is 4.70 Å². The van der Waals surface area contributed by atoms with Crippen molar-refractivity contribution in [2.45, 2.75) is 18.3 Å². The Hall–Kier alpha value is -0.870. The minimum absolute atomic E-state index is 0.149.